The second-order valence-corrected chi connectivity index (χ2v) is 4.76. The SMILES string of the molecule is CN(Cc1ccc(C=O)o1)C1CCCCC1O. The molecule has 2 rings (SSSR count). The zero-order valence-electron chi connectivity index (χ0n) is 10.1. The van der Waals surface area contributed by atoms with Crippen LogP contribution in [0.1, 0.15) is 42.0 Å². The second kappa shape index (κ2) is 5.47. The Kier molecular flexibility index (Phi) is 3.97. The van der Waals surface area contributed by atoms with Gasteiger partial charge in [0.05, 0.1) is 12.6 Å². The second-order valence-electron chi connectivity index (χ2n) is 4.76. The lowest BCUT2D eigenvalue weighted by Crippen LogP contribution is -2.42. The highest BCUT2D eigenvalue weighted by Crippen LogP contribution is 2.23. The molecule has 0 saturated heterocycles. The van der Waals surface area contributed by atoms with Gasteiger partial charge in [0, 0.05) is 6.04 Å². The zero-order valence-corrected chi connectivity index (χ0v) is 10.1. The maximum Gasteiger partial charge on any atom is 0.185 e. The van der Waals surface area contributed by atoms with Gasteiger partial charge in [-0.3, -0.25) is 9.69 Å². The van der Waals surface area contributed by atoms with Gasteiger partial charge in [-0.1, -0.05) is 12.8 Å². The molecule has 1 saturated carbocycles. The highest BCUT2D eigenvalue weighted by molar-refractivity contribution is 5.70. The Labute approximate surface area is 101 Å². The van der Waals surface area contributed by atoms with Crippen molar-refractivity contribution in [3.8, 4) is 0 Å². The van der Waals surface area contributed by atoms with Crippen LogP contribution < -0.4 is 0 Å². The first kappa shape index (κ1) is 12.3. The van der Waals surface area contributed by atoms with E-state index < -0.39 is 0 Å². The number of hydrogen-bond acceptors (Lipinski definition) is 4. The van der Waals surface area contributed by atoms with E-state index >= 15 is 0 Å². The van der Waals surface area contributed by atoms with E-state index in [1.165, 1.54) is 6.42 Å². The highest BCUT2D eigenvalue weighted by Gasteiger charge is 2.26. The highest BCUT2D eigenvalue weighted by atomic mass is 16.3. The van der Waals surface area contributed by atoms with Crippen molar-refractivity contribution < 1.29 is 14.3 Å². The van der Waals surface area contributed by atoms with Gasteiger partial charge in [0.2, 0.25) is 0 Å². The Morgan fingerprint density at radius 2 is 2.24 bits per heavy atom. The number of aliphatic hydroxyl groups is 1. The molecule has 4 heteroatoms. The summed E-state index contributed by atoms with van der Waals surface area (Å²) in [4.78, 5) is 12.6. The maximum absolute atomic E-state index is 10.5. The van der Waals surface area contributed by atoms with Crippen LogP contribution in [0.15, 0.2) is 16.5 Å². The minimum absolute atomic E-state index is 0.202. The van der Waals surface area contributed by atoms with Crippen molar-refractivity contribution in [2.24, 2.45) is 0 Å². The molecule has 0 radical (unpaired) electrons. The van der Waals surface area contributed by atoms with Crippen LogP contribution in [-0.2, 0) is 6.54 Å². The standard InChI is InChI=1S/C13H19NO3/c1-14(12-4-2-3-5-13(12)16)8-10-6-7-11(9-15)17-10/h6-7,9,12-13,16H,2-5,8H2,1H3. The first-order chi connectivity index (χ1) is 8.20. The molecule has 1 fully saturated rings. The average Bonchev–Trinajstić information content (AvgIpc) is 2.77. The minimum Gasteiger partial charge on any atom is -0.457 e. The predicted octanol–water partition coefficient (Wildman–Crippen LogP) is 1.83. The molecule has 0 amide bonds. The third-order valence-corrected chi connectivity index (χ3v) is 3.46. The van der Waals surface area contributed by atoms with Crippen molar-refractivity contribution in [3.05, 3.63) is 23.7 Å². The molecule has 2 unspecified atom stereocenters. The lowest BCUT2D eigenvalue weighted by Gasteiger charge is -2.34. The quantitative estimate of drug-likeness (QED) is 0.812. The van der Waals surface area contributed by atoms with E-state index in [0.717, 1.165) is 25.0 Å². The van der Waals surface area contributed by atoms with Gasteiger partial charge in [0.25, 0.3) is 0 Å². The molecular formula is C13H19NO3. The molecule has 1 aliphatic carbocycles. The summed E-state index contributed by atoms with van der Waals surface area (Å²) in [6, 6.07) is 3.69. The van der Waals surface area contributed by atoms with Crippen LogP contribution in [0, 0.1) is 0 Å². The van der Waals surface area contributed by atoms with Crippen LogP contribution in [0.3, 0.4) is 0 Å². The normalized spacial score (nSPS) is 25.1. The molecule has 1 aromatic heterocycles. The number of nitrogens with zero attached hydrogens (tertiary/aromatic N) is 1. The molecule has 0 aromatic carbocycles. The summed E-state index contributed by atoms with van der Waals surface area (Å²) in [5, 5.41) is 9.94. The zero-order chi connectivity index (χ0) is 12.3. The van der Waals surface area contributed by atoms with E-state index in [2.05, 4.69) is 4.90 Å². The molecule has 17 heavy (non-hydrogen) atoms. The van der Waals surface area contributed by atoms with Gasteiger partial charge >= 0.3 is 0 Å². The molecule has 94 valence electrons. The van der Waals surface area contributed by atoms with Crippen LogP contribution in [0.5, 0.6) is 0 Å². The largest absolute Gasteiger partial charge is 0.457 e. The third-order valence-electron chi connectivity index (χ3n) is 3.46. The van der Waals surface area contributed by atoms with Gasteiger partial charge in [-0.2, -0.15) is 0 Å². The van der Waals surface area contributed by atoms with Gasteiger partial charge in [-0.25, -0.2) is 0 Å². The van der Waals surface area contributed by atoms with Gasteiger partial charge in [-0.05, 0) is 32.0 Å². The van der Waals surface area contributed by atoms with E-state index in [1.54, 1.807) is 6.07 Å². The molecule has 0 bridgehead atoms. The van der Waals surface area contributed by atoms with E-state index in [1.807, 2.05) is 13.1 Å². The van der Waals surface area contributed by atoms with Crippen molar-refractivity contribution in [1.82, 2.24) is 4.90 Å². The predicted molar refractivity (Wildman–Crippen MR) is 63.8 cm³/mol. The third kappa shape index (κ3) is 2.96. The number of hydrogen-bond donors (Lipinski definition) is 1. The van der Waals surface area contributed by atoms with Crippen molar-refractivity contribution in [2.75, 3.05) is 7.05 Å². The Balaban J connectivity index is 1.95. The lowest BCUT2D eigenvalue weighted by molar-refractivity contribution is 0.0261. The Morgan fingerprint density at radius 1 is 1.47 bits per heavy atom. The van der Waals surface area contributed by atoms with Gasteiger partial charge in [0.15, 0.2) is 12.0 Å². The number of furan rings is 1. The van der Waals surface area contributed by atoms with E-state index in [-0.39, 0.29) is 12.1 Å². The van der Waals surface area contributed by atoms with Gasteiger partial charge in [0.1, 0.15) is 5.76 Å². The monoisotopic (exact) mass is 237 g/mol. The maximum atomic E-state index is 10.5. The minimum atomic E-state index is -0.241. The van der Waals surface area contributed by atoms with Gasteiger partial charge in [-0.15, -0.1) is 0 Å². The Hall–Kier alpha value is -1.13. The first-order valence-corrected chi connectivity index (χ1v) is 6.13. The fourth-order valence-corrected chi connectivity index (χ4v) is 2.51. The van der Waals surface area contributed by atoms with E-state index in [4.69, 9.17) is 4.42 Å². The molecule has 0 aliphatic heterocycles. The Morgan fingerprint density at radius 3 is 2.88 bits per heavy atom. The van der Waals surface area contributed by atoms with E-state index in [0.29, 0.717) is 18.6 Å². The Bertz CT molecular complexity index is 374. The van der Waals surface area contributed by atoms with Crippen LogP contribution >= 0.6 is 0 Å². The summed E-state index contributed by atoms with van der Waals surface area (Å²) in [5.41, 5.74) is 0. The number of carbonyl (C=O) groups excluding carboxylic acids is 1. The molecule has 4 nitrogen and oxygen atoms in total. The fourth-order valence-electron chi connectivity index (χ4n) is 2.51. The molecule has 1 aromatic rings. The molecule has 1 N–H and O–H groups in total. The van der Waals surface area contributed by atoms with Crippen molar-refractivity contribution in [3.63, 3.8) is 0 Å². The molecule has 0 spiro atoms. The van der Waals surface area contributed by atoms with Gasteiger partial charge < -0.3 is 9.52 Å². The van der Waals surface area contributed by atoms with Crippen molar-refractivity contribution in [2.45, 2.75) is 44.4 Å². The topological polar surface area (TPSA) is 53.7 Å². The van der Waals surface area contributed by atoms with Crippen molar-refractivity contribution in [1.29, 1.82) is 0 Å². The summed E-state index contributed by atoms with van der Waals surface area (Å²) < 4.78 is 5.34. The average molecular weight is 237 g/mol. The molecule has 1 aliphatic rings. The van der Waals surface area contributed by atoms with Crippen LogP contribution in [0.25, 0.3) is 0 Å². The summed E-state index contributed by atoms with van der Waals surface area (Å²) in [5.74, 6) is 1.13. The van der Waals surface area contributed by atoms with Crippen LogP contribution in [-0.4, -0.2) is 35.5 Å². The number of likely N-dealkylation sites (N-methyl/N-ethyl adjacent to an activating group) is 1. The molecular weight excluding hydrogens is 218 g/mol. The van der Waals surface area contributed by atoms with E-state index in [9.17, 15) is 9.90 Å². The van der Waals surface area contributed by atoms with Crippen LogP contribution in [0.4, 0.5) is 0 Å². The summed E-state index contributed by atoms with van der Waals surface area (Å²) in [6.45, 7) is 0.634. The van der Waals surface area contributed by atoms with Crippen LogP contribution in [0.2, 0.25) is 0 Å². The lowest BCUT2D eigenvalue weighted by atomic mass is 9.91. The summed E-state index contributed by atoms with van der Waals surface area (Å²) in [7, 11) is 1.99. The summed E-state index contributed by atoms with van der Waals surface area (Å²) in [6.07, 6.45) is 4.66. The number of aliphatic hydroxyl groups excluding tert-OH is 1. The fraction of sp³-hybridized carbons (Fsp3) is 0.615. The molecule has 2 atom stereocenters. The molecule has 1 heterocycles. The smallest absolute Gasteiger partial charge is 0.185 e. The number of aldehydes is 1. The summed E-state index contributed by atoms with van der Waals surface area (Å²) >= 11 is 0. The first-order valence-electron chi connectivity index (χ1n) is 6.13. The van der Waals surface area contributed by atoms with Crippen molar-refractivity contribution >= 4 is 6.29 Å². The number of carbonyl (C=O) groups is 1. The number of rotatable bonds is 4.